The summed E-state index contributed by atoms with van der Waals surface area (Å²) in [6, 6.07) is 3.58. The van der Waals surface area contributed by atoms with Crippen LogP contribution in [0.4, 0.5) is 8.78 Å². The van der Waals surface area contributed by atoms with Gasteiger partial charge in [0.15, 0.2) is 6.61 Å². The summed E-state index contributed by atoms with van der Waals surface area (Å²) in [6.07, 6.45) is 4.71. The minimum atomic E-state index is -2.54. The monoisotopic (exact) mass is 401 g/mol. The molecule has 1 aliphatic carbocycles. The lowest BCUT2D eigenvalue weighted by Gasteiger charge is -2.09. The molecule has 4 rings (SSSR count). The van der Waals surface area contributed by atoms with E-state index in [2.05, 4.69) is 20.4 Å². The molecule has 3 aromatic rings. The standard InChI is InChI=1S/C20H21F2N5O2/c1-12-6-14(8-25-20(12)29-11-17(21)22)9-27-10-15-16(26-27)4-5-23-18(15)19(28)24-7-13-2-3-13/h4-6,8,10,13,17H,2-3,7,9,11H2,1H3,(H,24,28). The first-order valence-corrected chi connectivity index (χ1v) is 9.46. The molecular formula is C20H21F2N5O2. The number of carbonyl (C=O) groups is 1. The fourth-order valence-electron chi connectivity index (χ4n) is 3.09. The molecule has 0 saturated heterocycles. The van der Waals surface area contributed by atoms with Gasteiger partial charge in [0.1, 0.15) is 5.69 Å². The van der Waals surface area contributed by atoms with Crippen LogP contribution >= 0.6 is 0 Å². The first-order chi connectivity index (χ1) is 14.0. The Kier molecular flexibility index (Phi) is 5.37. The van der Waals surface area contributed by atoms with Gasteiger partial charge in [-0.05, 0) is 43.4 Å². The van der Waals surface area contributed by atoms with Crippen LogP contribution in [0.3, 0.4) is 0 Å². The van der Waals surface area contributed by atoms with Crippen LogP contribution in [0.5, 0.6) is 5.88 Å². The van der Waals surface area contributed by atoms with Crippen molar-refractivity contribution in [2.45, 2.75) is 32.7 Å². The van der Waals surface area contributed by atoms with Crippen LogP contribution in [0.25, 0.3) is 10.9 Å². The van der Waals surface area contributed by atoms with Crippen molar-refractivity contribution < 1.29 is 18.3 Å². The predicted octanol–water partition coefficient (Wildman–Crippen LogP) is 2.97. The van der Waals surface area contributed by atoms with Gasteiger partial charge in [0.2, 0.25) is 5.88 Å². The van der Waals surface area contributed by atoms with Crippen LogP contribution in [-0.4, -0.2) is 45.2 Å². The lowest BCUT2D eigenvalue weighted by atomic mass is 10.2. The van der Waals surface area contributed by atoms with Gasteiger partial charge in [0, 0.05) is 30.7 Å². The first-order valence-electron chi connectivity index (χ1n) is 9.46. The molecule has 3 aromatic heterocycles. The van der Waals surface area contributed by atoms with Gasteiger partial charge in [-0.1, -0.05) is 0 Å². The molecule has 3 heterocycles. The summed E-state index contributed by atoms with van der Waals surface area (Å²) in [5, 5.41) is 8.12. The van der Waals surface area contributed by atoms with E-state index in [1.165, 1.54) is 0 Å². The number of rotatable bonds is 8. The minimum Gasteiger partial charge on any atom is -0.471 e. The minimum absolute atomic E-state index is 0.193. The number of hydrogen-bond donors (Lipinski definition) is 1. The number of hydrogen-bond acceptors (Lipinski definition) is 5. The number of pyridine rings is 2. The number of halogens is 2. The van der Waals surface area contributed by atoms with Gasteiger partial charge in [0.25, 0.3) is 12.3 Å². The molecule has 1 N–H and O–H groups in total. The molecule has 0 unspecified atom stereocenters. The van der Waals surface area contributed by atoms with Crippen molar-refractivity contribution in [3.8, 4) is 5.88 Å². The van der Waals surface area contributed by atoms with Gasteiger partial charge in [0.05, 0.1) is 17.4 Å². The number of aryl methyl sites for hydroxylation is 1. The molecule has 29 heavy (non-hydrogen) atoms. The predicted molar refractivity (Wildman–Crippen MR) is 102 cm³/mol. The number of ether oxygens (including phenoxy) is 1. The molecule has 7 nitrogen and oxygen atoms in total. The summed E-state index contributed by atoms with van der Waals surface area (Å²) in [5.74, 6) is 0.586. The SMILES string of the molecule is Cc1cc(Cn2cc3c(C(=O)NCC4CC4)nccc3n2)cnc1OCC(F)F. The summed E-state index contributed by atoms with van der Waals surface area (Å²) < 4.78 is 31.3. The van der Waals surface area contributed by atoms with Crippen LogP contribution in [0.15, 0.2) is 30.7 Å². The Bertz CT molecular complexity index is 1030. The van der Waals surface area contributed by atoms with E-state index in [4.69, 9.17) is 4.74 Å². The molecule has 1 aliphatic rings. The number of amides is 1. The van der Waals surface area contributed by atoms with Gasteiger partial charge in [-0.15, -0.1) is 0 Å². The van der Waals surface area contributed by atoms with E-state index in [1.807, 2.05) is 6.07 Å². The molecule has 152 valence electrons. The fraction of sp³-hybridized carbons (Fsp3) is 0.400. The molecule has 1 fully saturated rings. The van der Waals surface area contributed by atoms with Crippen molar-refractivity contribution in [2.24, 2.45) is 5.92 Å². The molecule has 1 amide bonds. The van der Waals surface area contributed by atoms with Crippen LogP contribution in [-0.2, 0) is 6.54 Å². The zero-order chi connectivity index (χ0) is 20.4. The zero-order valence-corrected chi connectivity index (χ0v) is 15.9. The Hall–Kier alpha value is -3.10. The summed E-state index contributed by atoms with van der Waals surface area (Å²) in [5.41, 5.74) is 2.55. The van der Waals surface area contributed by atoms with E-state index < -0.39 is 13.0 Å². The average molecular weight is 401 g/mol. The second-order valence-electron chi connectivity index (χ2n) is 7.24. The molecule has 1 saturated carbocycles. The molecule has 9 heteroatoms. The van der Waals surface area contributed by atoms with E-state index in [0.717, 1.165) is 18.4 Å². The molecule has 0 aliphatic heterocycles. The van der Waals surface area contributed by atoms with Crippen LogP contribution in [0, 0.1) is 12.8 Å². The van der Waals surface area contributed by atoms with Crippen molar-refractivity contribution in [2.75, 3.05) is 13.2 Å². The van der Waals surface area contributed by atoms with E-state index in [9.17, 15) is 13.6 Å². The maximum Gasteiger partial charge on any atom is 0.272 e. The van der Waals surface area contributed by atoms with E-state index >= 15 is 0 Å². The first kappa shape index (κ1) is 19.2. The number of fused-ring (bicyclic) bond motifs is 1. The Labute approximate surface area is 166 Å². The molecular weight excluding hydrogens is 380 g/mol. The third kappa shape index (κ3) is 4.67. The van der Waals surface area contributed by atoms with Gasteiger partial charge in [-0.2, -0.15) is 5.10 Å². The number of carbonyl (C=O) groups excluding carboxylic acids is 1. The largest absolute Gasteiger partial charge is 0.471 e. The van der Waals surface area contributed by atoms with Crippen molar-refractivity contribution in [1.29, 1.82) is 0 Å². The van der Waals surface area contributed by atoms with Gasteiger partial charge < -0.3 is 10.1 Å². The Balaban J connectivity index is 1.50. The quantitative estimate of drug-likeness (QED) is 0.628. The van der Waals surface area contributed by atoms with Gasteiger partial charge in [-0.25, -0.2) is 13.8 Å². The van der Waals surface area contributed by atoms with Crippen LogP contribution in [0.2, 0.25) is 0 Å². The summed E-state index contributed by atoms with van der Waals surface area (Å²) in [7, 11) is 0. The number of aromatic nitrogens is 4. The third-order valence-electron chi connectivity index (χ3n) is 4.72. The molecule has 0 bridgehead atoms. The van der Waals surface area contributed by atoms with Crippen molar-refractivity contribution in [3.05, 3.63) is 47.5 Å². The van der Waals surface area contributed by atoms with Crippen LogP contribution < -0.4 is 10.1 Å². The highest BCUT2D eigenvalue weighted by molar-refractivity contribution is 6.04. The fourth-order valence-corrected chi connectivity index (χ4v) is 3.09. The molecule has 0 atom stereocenters. The number of nitrogens with zero attached hydrogens (tertiary/aromatic N) is 4. The van der Waals surface area contributed by atoms with Crippen molar-refractivity contribution in [3.63, 3.8) is 0 Å². The number of alkyl halides is 2. The van der Waals surface area contributed by atoms with E-state index in [-0.39, 0.29) is 11.8 Å². The summed E-state index contributed by atoms with van der Waals surface area (Å²) in [4.78, 5) is 20.8. The lowest BCUT2D eigenvalue weighted by molar-refractivity contribution is 0.0792. The summed E-state index contributed by atoms with van der Waals surface area (Å²) >= 11 is 0. The maximum absolute atomic E-state index is 12.5. The van der Waals surface area contributed by atoms with Gasteiger partial charge >= 0.3 is 0 Å². The highest BCUT2D eigenvalue weighted by Crippen LogP contribution is 2.27. The second kappa shape index (κ2) is 8.10. The van der Waals surface area contributed by atoms with Crippen molar-refractivity contribution in [1.82, 2.24) is 25.1 Å². The van der Waals surface area contributed by atoms with Crippen molar-refractivity contribution >= 4 is 16.8 Å². The van der Waals surface area contributed by atoms with E-state index in [1.54, 1.807) is 36.3 Å². The third-order valence-corrected chi connectivity index (χ3v) is 4.72. The summed E-state index contributed by atoms with van der Waals surface area (Å²) in [6.45, 7) is 2.16. The maximum atomic E-state index is 12.5. The number of nitrogens with one attached hydrogen (secondary N) is 1. The average Bonchev–Trinajstić information content (AvgIpc) is 3.42. The lowest BCUT2D eigenvalue weighted by Crippen LogP contribution is -2.26. The topological polar surface area (TPSA) is 81.9 Å². The van der Waals surface area contributed by atoms with Gasteiger partial charge in [-0.3, -0.25) is 14.5 Å². The zero-order valence-electron chi connectivity index (χ0n) is 15.9. The van der Waals surface area contributed by atoms with E-state index in [0.29, 0.717) is 41.2 Å². The molecule has 0 aromatic carbocycles. The smallest absolute Gasteiger partial charge is 0.272 e. The molecule has 0 radical (unpaired) electrons. The molecule has 0 spiro atoms. The Morgan fingerprint density at radius 1 is 1.38 bits per heavy atom. The second-order valence-corrected chi connectivity index (χ2v) is 7.24. The van der Waals surface area contributed by atoms with Crippen LogP contribution in [0.1, 0.15) is 34.5 Å². The Morgan fingerprint density at radius 3 is 2.93 bits per heavy atom. The highest BCUT2D eigenvalue weighted by Gasteiger charge is 2.23. The normalized spacial score (nSPS) is 13.8. The Morgan fingerprint density at radius 2 is 2.21 bits per heavy atom. The highest BCUT2D eigenvalue weighted by atomic mass is 19.3.